The van der Waals surface area contributed by atoms with Crippen molar-refractivity contribution in [1.82, 2.24) is 4.57 Å². The van der Waals surface area contributed by atoms with E-state index in [1.54, 1.807) is 0 Å². The molecule has 0 aliphatic rings. The van der Waals surface area contributed by atoms with E-state index >= 15 is 0 Å². The summed E-state index contributed by atoms with van der Waals surface area (Å²) in [5.41, 5.74) is 8.93. The van der Waals surface area contributed by atoms with Crippen LogP contribution >= 0.6 is 0 Å². The molecule has 1 atom stereocenters. The van der Waals surface area contributed by atoms with Crippen LogP contribution in [0.2, 0.25) is 0 Å². The summed E-state index contributed by atoms with van der Waals surface area (Å²) in [7, 11) is 0. The van der Waals surface area contributed by atoms with Crippen LogP contribution in [0.25, 0.3) is 10.9 Å². The van der Waals surface area contributed by atoms with Crippen LogP contribution in [0.15, 0.2) is 30.5 Å². The molecule has 0 fully saturated rings. The number of aryl methyl sites for hydroxylation is 1. The van der Waals surface area contributed by atoms with Crippen LogP contribution in [0.5, 0.6) is 0 Å². The molecule has 1 heterocycles. The van der Waals surface area contributed by atoms with Gasteiger partial charge in [-0.2, -0.15) is 0 Å². The second-order valence-electron chi connectivity index (χ2n) is 6.89. The Morgan fingerprint density at radius 1 is 1.21 bits per heavy atom. The van der Waals surface area contributed by atoms with Gasteiger partial charge in [0.15, 0.2) is 0 Å². The van der Waals surface area contributed by atoms with Gasteiger partial charge in [0, 0.05) is 24.3 Å². The maximum absolute atomic E-state index is 5.89. The summed E-state index contributed by atoms with van der Waals surface area (Å²) in [6, 6.07) is 9.12. The molecule has 0 aliphatic carbocycles. The Labute approximate surface area is 116 Å². The van der Waals surface area contributed by atoms with Gasteiger partial charge in [-0.05, 0) is 48.3 Å². The highest BCUT2D eigenvalue weighted by Crippen LogP contribution is 2.23. The van der Waals surface area contributed by atoms with Crippen molar-refractivity contribution in [2.75, 3.05) is 0 Å². The Kier molecular flexibility index (Phi) is 4.00. The van der Waals surface area contributed by atoms with Crippen LogP contribution in [-0.2, 0) is 13.0 Å². The van der Waals surface area contributed by atoms with Crippen molar-refractivity contribution < 1.29 is 0 Å². The molecule has 104 valence electrons. The number of hydrogen-bond acceptors (Lipinski definition) is 1. The average Bonchev–Trinajstić information content (AvgIpc) is 2.67. The van der Waals surface area contributed by atoms with Gasteiger partial charge in [0.25, 0.3) is 0 Å². The summed E-state index contributed by atoms with van der Waals surface area (Å²) in [6.45, 7) is 10.0. The van der Waals surface area contributed by atoms with Gasteiger partial charge in [0.1, 0.15) is 0 Å². The van der Waals surface area contributed by atoms with Gasteiger partial charge in [0.2, 0.25) is 0 Å². The zero-order valence-electron chi connectivity index (χ0n) is 12.6. The van der Waals surface area contributed by atoms with Gasteiger partial charge in [-0.3, -0.25) is 0 Å². The molecule has 1 aromatic carbocycles. The first-order chi connectivity index (χ1) is 8.85. The second kappa shape index (κ2) is 5.38. The molecule has 1 aromatic heterocycles. The molecule has 0 bridgehead atoms. The van der Waals surface area contributed by atoms with Crippen LogP contribution in [-0.4, -0.2) is 10.6 Å². The SMILES string of the molecule is CC(N)Cc1ccc2ccn(CCC(C)(C)C)c2c1. The normalized spacial score (nSPS) is 13.9. The van der Waals surface area contributed by atoms with Gasteiger partial charge in [-0.1, -0.05) is 32.9 Å². The predicted molar refractivity (Wildman–Crippen MR) is 83.4 cm³/mol. The third kappa shape index (κ3) is 3.84. The highest BCUT2D eigenvalue weighted by atomic mass is 14.9. The van der Waals surface area contributed by atoms with Gasteiger partial charge >= 0.3 is 0 Å². The van der Waals surface area contributed by atoms with Crippen molar-refractivity contribution in [3.05, 3.63) is 36.0 Å². The van der Waals surface area contributed by atoms with Crippen molar-refractivity contribution >= 4 is 10.9 Å². The van der Waals surface area contributed by atoms with E-state index in [1.807, 2.05) is 0 Å². The molecule has 2 rings (SSSR count). The Morgan fingerprint density at radius 2 is 1.95 bits per heavy atom. The zero-order valence-corrected chi connectivity index (χ0v) is 12.6. The maximum atomic E-state index is 5.89. The molecule has 2 nitrogen and oxygen atoms in total. The number of benzene rings is 1. The van der Waals surface area contributed by atoms with Crippen molar-refractivity contribution in [3.8, 4) is 0 Å². The van der Waals surface area contributed by atoms with E-state index in [9.17, 15) is 0 Å². The van der Waals surface area contributed by atoms with E-state index < -0.39 is 0 Å². The minimum Gasteiger partial charge on any atom is -0.347 e. The molecule has 2 aromatic rings. The number of nitrogens with zero attached hydrogens (tertiary/aromatic N) is 1. The fourth-order valence-electron chi connectivity index (χ4n) is 2.38. The van der Waals surface area contributed by atoms with E-state index in [4.69, 9.17) is 5.73 Å². The second-order valence-corrected chi connectivity index (χ2v) is 6.89. The first kappa shape index (κ1) is 14.1. The van der Waals surface area contributed by atoms with E-state index in [2.05, 4.69) is 62.7 Å². The molecule has 2 N–H and O–H groups in total. The largest absolute Gasteiger partial charge is 0.347 e. The van der Waals surface area contributed by atoms with E-state index in [0.29, 0.717) is 5.41 Å². The molecule has 0 aliphatic heterocycles. The lowest BCUT2D eigenvalue weighted by molar-refractivity contribution is 0.353. The van der Waals surface area contributed by atoms with Crippen molar-refractivity contribution in [2.24, 2.45) is 11.1 Å². The average molecular weight is 258 g/mol. The molecular formula is C17H26N2. The Morgan fingerprint density at radius 3 is 2.58 bits per heavy atom. The predicted octanol–water partition coefficient (Wildman–Crippen LogP) is 3.97. The maximum Gasteiger partial charge on any atom is 0.0483 e. The summed E-state index contributed by atoms with van der Waals surface area (Å²) in [5, 5.41) is 1.32. The Hall–Kier alpha value is -1.28. The molecule has 0 radical (unpaired) electrons. The Balaban J connectivity index is 2.24. The fourth-order valence-corrected chi connectivity index (χ4v) is 2.38. The number of rotatable bonds is 4. The van der Waals surface area contributed by atoms with E-state index in [0.717, 1.165) is 13.0 Å². The first-order valence-electron chi connectivity index (χ1n) is 7.18. The number of aromatic nitrogens is 1. The van der Waals surface area contributed by atoms with Crippen LogP contribution in [0, 0.1) is 5.41 Å². The highest BCUT2D eigenvalue weighted by Gasteiger charge is 2.11. The molecule has 0 amide bonds. The number of nitrogens with two attached hydrogens (primary N) is 1. The molecular weight excluding hydrogens is 232 g/mol. The lowest BCUT2D eigenvalue weighted by Gasteiger charge is -2.18. The van der Waals surface area contributed by atoms with Gasteiger partial charge in [-0.25, -0.2) is 0 Å². The van der Waals surface area contributed by atoms with Crippen molar-refractivity contribution in [2.45, 2.75) is 53.1 Å². The topological polar surface area (TPSA) is 30.9 Å². The van der Waals surface area contributed by atoms with Crippen molar-refractivity contribution in [1.29, 1.82) is 0 Å². The molecule has 0 saturated heterocycles. The smallest absolute Gasteiger partial charge is 0.0483 e. The van der Waals surface area contributed by atoms with Crippen LogP contribution < -0.4 is 5.73 Å². The molecule has 19 heavy (non-hydrogen) atoms. The van der Waals surface area contributed by atoms with Crippen LogP contribution in [0.3, 0.4) is 0 Å². The summed E-state index contributed by atoms with van der Waals surface area (Å²) in [5.74, 6) is 0. The minimum absolute atomic E-state index is 0.218. The fraction of sp³-hybridized carbons (Fsp3) is 0.529. The standard InChI is InChI=1S/C17H26N2/c1-13(18)11-14-5-6-15-7-9-19(16(15)12-14)10-8-17(2,3)4/h5-7,9,12-13H,8,10-11,18H2,1-4H3. The summed E-state index contributed by atoms with van der Waals surface area (Å²) < 4.78 is 2.37. The van der Waals surface area contributed by atoms with Crippen LogP contribution in [0.1, 0.15) is 39.7 Å². The minimum atomic E-state index is 0.218. The van der Waals surface area contributed by atoms with Gasteiger partial charge in [-0.15, -0.1) is 0 Å². The lowest BCUT2D eigenvalue weighted by atomic mass is 9.92. The first-order valence-corrected chi connectivity index (χ1v) is 7.18. The monoisotopic (exact) mass is 258 g/mol. The summed E-state index contributed by atoms with van der Waals surface area (Å²) >= 11 is 0. The van der Waals surface area contributed by atoms with Crippen molar-refractivity contribution in [3.63, 3.8) is 0 Å². The third-order valence-electron chi connectivity index (χ3n) is 3.50. The van der Waals surface area contributed by atoms with Crippen LogP contribution in [0.4, 0.5) is 0 Å². The number of hydrogen-bond donors (Lipinski definition) is 1. The quantitative estimate of drug-likeness (QED) is 0.884. The van der Waals surface area contributed by atoms with E-state index in [1.165, 1.54) is 22.9 Å². The summed E-state index contributed by atoms with van der Waals surface area (Å²) in [6.07, 6.45) is 4.33. The third-order valence-corrected chi connectivity index (χ3v) is 3.50. The summed E-state index contributed by atoms with van der Waals surface area (Å²) in [4.78, 5) is 0. The van der Waals surface area contributed by atoms with Gasteiger partial charge in [0.05, 0.1) is 0 Å². The number of fused-ring (bicyclic) bond motifs is 1. The van der Waals surface area contributed by atoms with E-state index in [-0.39, 0.29) is 6.04 Å². The molecule has 2 heteroatoms. The highest BCUT2D eigenvalue weighted by molar-refractivity contribution is 5.80. The lowest BCUT2D eigenvalue weighted by Crippen LogP contribution is -2.17. The molecule has 1 unspecified atom stereocenters. The zero-order chi connectivity index (χ0) is 14.0. The molecule has 0 saturated carbocycles. The van der Waals surface area contributed by atoms with Gasteiger partial charge < -0.3 is 10.3 Å². The Bertz CT molecular complexity index is 544. The molecule has 0 spiro atoms.